The Morgan fingerprint density at radius 3 is 2.48 bits per heavy atom. The van der Waals surface area contributed by atoms with Gasteiger partial charge in [0, 0.05) is 6.07 Å². The number of amides is 1. The number of aromatic carboxylic acids is 1. The molecule has 2 aromatic rings. The lowest BCUT2D eigenvalue weighted by atomic mass is 10.1. The quantitative estimate of drug-likeness (QED) is 0.442. The van der Waals surface area contributed by atoms with Crippen LogP contribution in [0.4, 0.5) is 5.69 Å². The van der Waals surface area contributed by atoms with Crippen LogP contribution in [0.15, 0.2) is 53.6 Å². The molecule has 25 heavy (non-hydrogen) atoms. The molecule has 0 saturated carbocycles. The second kappa shape index (κ2) is 8.20. The number of ether oxygens (including phenoxy) is 1. The average Bonchev–Trinajstić information content (AvgIpc) is 2.60. The third kappa shape index (κ3) is 5.13. The summed E-state index contributed by atoms with van der Waals surface area (Å²) >= 11 is 0. The molecule has 0 spiro atoms. The van der Waals surface area contributed by atoms with E-state index in [1.165, 1.54) is 48.7 Å². The smallest absolute Gasteiger partial charge is 0.310 e. The van der Waals surface area contributed by atoms with Gasteiger partial charge >= 0.3 is 5.69 Å². The number of carboxylic acids is 1. The molecular formula is C16H12N3O6-. The minimum absolute atomic E-state index is 0.0236. The van der Waals surface area contributed by atoms with Gasteiger partial charge in [-0.2, -0.15) is 5.10 Å². The minimum Gasteiger partial charge on any atom is -0.545 e. The Labute approximate surface area is 141 Å². The molecule has 0 heterocycles. The van der Waals surface area contributed by atoms with E-state index in [4.69, 9.17) is 4.74 Å². The van der Waals surface area contributed by atoms with Gasteiger partial charge in [0.25, 0.3) is 5.91 Å². The Morgan fingerprint density at radius 2 is 1.84 bits per heavy atom. The Kier molecular flexibility index (Phi) is 5.77. The first-order valence-corrected chi connectivity index (χ1v) is 6.97. The molecule has 1 N–H and O–H groups in total. The topological polar surface area (TPSA) is 134 Å². The lowest BCUT2D eigenvalue weighted by Gasteiger charge is -2.05. The van der Waals surface area contributed by atoms with Gasteiger partial charge in [-0.05, 0) is 17.2 Å². The van der Waals surface area contributed by atoms with E-state index in [1.807, 2.05) is 0 Å². The molecule has 0 fully saturated rings. The summed E-state index contributed by atoms with van der Waals surface area (Å²) in [4.78, 5) is 32.5. The summed E-state index contributed by atoms with van der Waals surface area (Å²) in [6.45, 7) is -0.453. The van der Waals surface area contributed by atoms with Gasteiger partial charge in [0.2, 0.25) is 0 Å². The van der Waals surface area contributed by atoms with Crippen LogP contribution in [0.5, 0.6) is 5.75 Å². The molecule has 0 aliphatic carbocycles. The molecule has 0 aromatic heterocycles. The highest BCUT2D eigenvalue weighted by molar-refractivity contribution is 5.88. The third-order valence-electron chi connectivity index (χ3n) is 2.97. The van der Waals surface area contributed by atoms with Gasteiger partial charge in [-0.25, -0.2) is 5.43 Å². The fourth-order valence-corrected chi connectivity index (χ4v) is 1.79. The van der Waals surface area contributed by atoms with E-state index in [1.54, 1.807) is 6.07 Å². The lowest BCUT2D eigenvalue weighted by Crippen LogP contribution is -2.24. The molecule has 9 nitrogen and oxygen atoms in total. The van der Waals surface area contributed by atoms with E-state index in [-0.39, 0.29) is 17.0 Å². The Bertz CT molecular complexity index is 817. The van der Waals surface area contributed by atoms with E-state index < -0.39 is 23.4 Å². The second-order valence-corrected chi connectivity index (χ2v) is 4.72. The number of nitro groups is 1. The summed E-state index contributed by atoms with van der Waals surface area (Å²) in [7, 11) is 0. The summed E-state index contributed by atoms with van der Waals surface area (Å²) in [6.07, 6.45) is 1.31. The van der Waals surface area contributed by atoms with Gasteiger partial charge in [0.1, 0.15) is 0 Å². The molecule has 128 valence electrons. The molecule has 2 aromatic carbocycles. The molecule has 0 aliphatic heterocycles. The number of carboxylic acid groups (broad SMARTS) is 1. The predicted molar refractivity (Wildman–Crippen MR) is 85.1 cm³/mol. The number of nitrogens with one attached hydrogen (secondary N) is 1. The molecule has 0 atom stereocenters. The largest absolute Gasteiger partial charge is 0.545 e. The van der Waals surface area contributed by atoms with Crippen molar-refractivity contribution in [2.75, 3.05) is 6.61 Å². The molecular weight excluding hydrogens is 330 g/mol. The van der Waals surface area contributed by atoms with Crippen LogP contribution in [-0.2, 0) is 4.79 Å². The zero-order valence-electron chi connectivity index (χ0n) is 12.7. The Morgan fingerprint density at radius 1 is 1.16 bits per heavy atom. The maximum atomic E-state index is 11.6. The molecule has 0 saturated heterocycles. The molecule has 0 radical (unpaired) electrons. The molecule has 0 unspecified atom stereocenters. The summed E-state index contributed by atoms with van der Waals surface area (Å²) < 4.78 is 5.11. The molecule has 1 amide bonds. The van der Waals surface area contributed by atoms with E-state index in [0.29, 0.717) is 5.56 Å². The highest BCUT2D eigenvalue weighted by atomic mass is 16.6. The number of hydrazone groups is 1. The van der Waals surface area contributed by atoms with Crippen molar-refractivity contribution in [3.05, 3.63) is 69.8 Å². The van der Waals surface area contributed by atoms with E-state index in [2.05, 4.69) is 10.5 Å². The first-order valence-electron chi connectivity index (χ1n) is 6.97. The van der Waals surface area contributed by atoms with E-state index >= 15 is 0 Å². The summed E-state index contributed by atoms with van der Waals surface area (Å²) in [5.41, 5.74) is 2.54. The van der Waals surface area contributed by atoms with Crippen LogP contribution in [0.25, 0.3) is 0 Å². The summed E-state index contributed by atoms with van der Waals surface area (Å²) in [6, 6.07) is 11.4. The fraction of sp³-hybridized carbons (Fsp3) is 0.0625. The van der Waals surface area contributed by atoms with Crippen LogP contribution in [0.1, 0.15) is 15.9 Å². The van der Waals surface area contributed by atoms with Crippen LogP contribution >= 0.6 is 0 Å². The SMILES string of the molecule is O=C(COc1ccccc1[N+](=O)[O-])NN=Cc1ccc(C(=O)[O-])cc1. The summed E-state index contributed by atoms with van der Waals surface area (Å²) in [5, 5.41) is 25.1. The van der Waals surface area contributed by atoms with Crippen LogP contribution in [0.2, 0.25) is 0 Å². The van der Waals surface area contributed by atoms with Gasteiger partial charge in [0.15, 0.2) is 12.4 Å². The monoisotopic (exact) mass is 342 g/mol. The number of benzene rings is 2. The van der Waals surface area contributed by atoms with E-state index in [9.17, 15) is 24.8 Å². The van der Waals surface area contributed by atoms with Crippen molar-refractivity contribution in [2.45, 2.75) is 0 Å². The fourth-order valence-electron chi connectivity index (χ4n) is 1.79. The van der Waals surface area contributed by atoms with E-state index in [0.717, 1.165) is 0 Å². The number of hydrogen-bond donors (Lipinski definition) is 1. The maximum absolute atomic E-state index is 11.6. The van der Waals surface area contributed by atoms with Gasteiger partial charge in [0.05, 0.1) is 17.1 Å². The van der Waals surface area contributed by atoms with Crippen molar-refractivity contribution in [2.24, 2.45) is 5.10 Å². The lowest BCUT2D eigenvalue weighted by molar-refractivity contribution is -0.385. The standard InChI is InChI=1S/C16H13N3O6/c20-15(10-25-14-4-2-1-3-13(14)19(23)24)18-17-9-11-5-7-12(8-6-11)16(21)22/h1-9H,10H2,(H,18,20)(H,21,22)/p-1. The Balaban J connectivity index is 1.86. The van der Waals surface area contributed by atoms with Crippen molar-refractivity contribution >= 4 is 23.8 Å². The van der Waals surface area contributed by atoms with Crippen LogP contribution in [0.3, 0.4) is 0 Å². The number of carbonyl (C=O) groups is 2. The molecule has 0 aliphatic rings. The average molecular weight is 342 g/mol. The highest BCUT2D eigenvalue weighted by Gasteiger charge is 2.14. The van der Waals surface area contributed by atoms with Crippen molar-refractivity contribution in [3.8, 4) is 5.75 Å². The Hall–Kier alpha value is -3.75. The van der Waals surface area contributed by atoms with Gasteiger partial charge < -0.3 is 14.6 Å². The van der Waals surface area contributed by atoms with Crippen molar-refractivity contribution < 1.29 is 24.4 Å². The van der Waals surface area contributed by atoms with Crippen molar-refractivity contribution in [1.29, 1.82) is 0 Å². The highest BCUT2D eigenvalue weighted by Crippen LogP contribution is 2.25. The van der Waals surface area contributed by atoms with Crippen LogP contribution in [-0.4, -0.2) is 29.6 Å². The molecule has 0 bridgehead atoms. The van der Waals surface area contributed by atoms with Crippen LogP contribution < -0.4 is 15.3 Å². The van der Waals surface area contributed by atoms with Gasteiger partial charge in [-0.1, -0.05) is 36.4 Å². The molecule has 2 rings (SSSR count). The number of para-hydroxylation sites is 2. The normalized spacial score (nSPS) is 10.4. The first-order chi connectivity index (χ1) is 12.0. The first kappa shape index (κ1) is 17.6. The maximum Gasteiger partial charge on any atom is 0.310 e. The van der Waals surface area contributed by atoms with Gasteiger partial charge in [-0.15, -0.1) is 0 Å². The minimum atomic E-state index is -1.29. The molecule has 9 heteroatoms. The predicted octanol–water partition coefficient (Wildman–Crippen LogP) is 0.487. The van der Waals surface area contributed by atoms with Crippen molar-refractivity contribution in [1.82, 2.24) is 5.43 Å². The zero-order valence-corrected chi connectivity index (χ0v) is 12.7. The number of carbonyl (C=O) groups excluding carboxylic acids is 2. The number of nitrogens with zero attached hydrogens (tertiary/aromatic N) is 2. The number of hydrogen-bond acceptors (Lipinski definition) is 7. The van der Waals surface area contributed by atoms with Crippen LogP contribution in [0, 0.1) is 10.1 Å². The summed E-state index contributed by atoms with van der Waals surface area (Å²) in [5.74, 6) is -1.92. The zero-order chi connectivity index (χ0) is 18.2. The van der Waals surface area contributed by atoms with Crippen molar-refractivity contribution in [3.63, 3.8) is 0 Å². The third-order valence-corrected chi connectivity index (χ3v) is 2.97. The number of nitro benzene ring substituents is 1. The second-order valence-electron chi connectivity index (χ2n) is 4.72. The number of rotatable bonds is 7. The van der Waals surface area contributed by atoms with Gasteiger partial charge in [-0.3, -0.25) is 14.9 Å².